The molecule has 0 aromatic carbocycles. The van der Waals surface area contributed by atoms with Gasteiger partial charge in [-0.15, -0.1) is 0 Å². The van der Waals surface area contributed by atoms with Crippen LogP contribution in [0.2, 0.25) is 0 Å². The maximum atomic E-state index is 12.5. The van der Waals surface area contributed by atoms with E-state index in [1.807, 2.05) is 18.3 Å². The molecule has 0 unspecified atom stereocenters. The van der Waals surface area contributed by atoms with Crippen LogP contribution in [0.4, 0.5) is 4.79 Å². The second-order valence-electron chi connectivity index (χ2n) is 8.92. The minimum absolute atomic E-state index is 0.0256. The molecule has 5 heteroatoms. The Hall–Kier alpha value is -1.62. The first kappa shape index (κ1) is 16.5. The molecule has 2 N–H and O–H groups in total. The number of hydrogen-bond donors (Lipinski definition) is 2. The van der Waals surface area contributed by atoms with Gasteiger partial charge < -0.3 is 15.4 Å². The SMILES string of the molecule is O=C(NCC1C2CC3CC(C2)CC1C3)N[C@H]1CCO[C@@H]1c1cccnc1. The van der Waals surface area contributed by atoms with Crippen LogP contribution in [0.25, 0.3) is 0 Å². The van der Waals surface area contributed by atoms with Crippen molar-refractivity contribution >= 4 is 6.03 Å². The third-order valence-electron chi connectivity index (χ3n) is 7.34. The minimum Gasteiger partial charge on any atom is -0.371 e. The normalized spacial score (nSPS) is 40.5. The molecule has 26 heavy (non-hydrogen) atoms. The van der Waals surface area contributed by atoms with Gasteiger partial charge in [0, 0.05) is 31.1 Å². The number of ether oxygens (including phenoxy) is 1. The van der Waals surface area contributed by atoms with Gasteiger partial charge in [0.15, 0.2) is 0 Å². The van der Waals surface area contributed by atoms with Crippen molar-refractivity contribution in [2.24, 2.45) is 29.6 Å². The van der Waals surface area contributed by atoms with E-state index in [4.69, 9.17) is 4.74 Å². The van der Waals surface area contributed by atoms with E-state index in [-0.39, 0.29) is 18.2 Å². The zero-order valence-corrected chi connectivity index (χ0v) is 15.3. The first-order chi connectivity index (χ1) is 12.8. The summed E-state index contributed by atoms with van der Waals surface area (Å²) in [5, 5.41) is 6.34. The molecule has 1 aliphatic heterocycles. The quantitative estimate of drug-likeness (QED) is 0.871. The number of carbonyl (C=O) groups is 1. The predicted octanol–water partition coefficient (Wildman–Crippen LogP) is 3.28. The highest BCUT2D eigenvalue weighted by molar-refractivity contribution is 5.74. The van der Waals surface area contributed by atoms with E-state index in [2.05, 4.69) is 15.6 Å². The Morgan fingerprint density at radius 2 is 1.92 bits per heavy atom. The molecule has 5 nitrogen and oxygen atoms in total. The van der Waals surface area contributed by atoms with Crippen molar-refractivity contribution in [2.45, 2.75) is 50.7 Å². The lowest BCUT2D eigenvalue weighted by atomic mass is 9.52. The van der Waals surface area contributed by atoms with Gasteiger partial charge in [-0.2, -0.15) is 0 Å². The average Bonchev–Trinajstić information content (AvgIpc) is 3.09. The summed E-state index contributed by atoms with van der Waals surface area (Å²) in [7, 11) is 0. The third-order valence-corrected chi connectivity index (χ3v) is 7.34. The lowest BCUT2D eigenvalue weighted by molar-refractivity contribution is -0.0344. The van der Waals surface area contributed by atoms with Crippen LogP contribution in [-0.2, 0) is 4.74 Å². The molecule has 4 saturated carbocycles. The lowest BCUT2D eigenvalue weighted by Crippen LogP contribution is -2.51. The van der Waals surface area contributed by atoms with Gasteiger partial charge in [0.25, 0.3) is 0 Å². The van der Waals surface area contributed by atoms with Gasteiger partial charge in [-0.25, -0.2) is 4.79 Å². The highest BCUT2D eigenvalue weighted by Crippen LogP contribution is 2.56. The zero-order valence-electron chi connectivity index (χ0n) is 15.3. The summed E-state index contributed by atoms with van der Waals surface area (Å²) in [6.07, 6.45) is 11.4. The number of amides is 2. The number of hydrogen-bond acceptors (Lipinski definition) is 3. The smallest absolute Gasteiger partial charge is 0.315 e. The second kappa shape index (κ2) is 6.84. The molecule has 4 aliphatic carbocycles. The number of carbonyl (C=O) groups excluding carboxylic acids is 1. The van der Waals surface area contributed by atoms with Gasteiger partial charge in [-0.1, -0.05) is 6.07 Å². The van der Waals surface area contributed by atoms with Crippen LogP contribution in [-0.4, -0.2) is 30.2 Å². The van der Waals surface area contributed by atoms with Gasteiger partial charge in [-0.3, -0.25) is 4.98 Å². The number of nitrogens with one attached hydrogen (secondary N) is 2. The van der Waals surface area contributed by atoms with Crippen molar-refractivity contribution in [3.63, 3.8) is 0 Å². The van der Waals surface area contributed by atoms with Crippen LogP contribution in [0.1, 0.15) is 50.2 Å². The van der Waals surface area contributed by atoms with Crippen LogP contribution >= 0.6 is 0 Å². The summed E-state index contributed by atoms with van der Waals surface area (Å²) in [5.74, 6) is 4.37. The summed E-state index contributed by atoms with van der Waals surface area (Å²) in [4.78, 5) is 16.7. The Morgan fingerprint density at radius 3 is 2.62 bits per heavy atom. The summed E-state index contributed by atoms with van der Waals surface area (Å²) < 4.78 is 5.84. The van der Waals surface area contributed by atoms with E-state index in [1.54, 1.807) is 6.20 Å². The number of urea groups is 1. The lowest BCUT2D eigenvalue weighted by Gasteiger charge is -2.54. The number of rotatable bonds is 4. The fraction of sp³-hybridized carbons (Fsp3) is 0.714. The van der Waals surface area contributed by atoms with E-state index in [9.17, 15) is 4.79 Å². The van der Waals surface area contributed by atoms with E-state index in [1.165, 1.54) is 32.1 Å². The highest BCUT2D eigenvalue weighted by atomic mass is 16.5. The molecule has 5 aliphatic rings. The summed E-state index contributed by atoms with van der Waals surface area (Å²) in [6.45, 7) is 1.52. The maximum absolute atomic E-state index is 12.5. The van der Waals surface area contributed by atoms with Gasteiger partial charge >= 0.3 is 6.03 Å². The Bertz CT molecular complexity index is 622. The van der Waals surface area contributed by atoms with Crippen LogP contribution in [0, 0.1) is 29.6 Å². The van der Waals surface area contributed by atoms with Crippen molar-refractivity contribution < 1.29 is 9.53 Å². The largest absolute Gasteiger partial charge is 0.371 e. The topological polar surface area (TPSA) is 63.2 Å². The monoisotopic (exact) mass is 355 g/mol. The van der Waals surface area contributed by atoms with E-state index < -0.39 is 0 Å². The molecule has 2 atom stereocenters. The fourth-order valence-corrected chi connectivity index (χ4v) is 6.41. The highest BCUT2D eigenvalue weighted by Gasteiger charge is 2.48. The molecule has 5 fully saturated rings. The molecule has 4 bridgehead atoms. The summed E-state index contributed by atoms with van der Waals surface area (Å²) in [5.41, 5.74) is 1.04. The molecule has 6 rings (SSSR count). The van der Waals surface area contributed by atoms with Crippen molar-refractivity contribution in [3.05, 3.63) is 30.1 Å². The number of aromatic nitrogens is 1. The standard InChI is InChI=1S/C21H29N3O2/c25-21(24-19-3-5-26-20(19)15-2-1-4-22-11-15)23-12-18-16-7-13-6-14(9-16)10-17(18)8-13/h1-2,4,11,13-14,16-20H,3,5-10,12H2,(H2,23,24,25)/t13?,14?,16?,17?,18?,19-,20+/m0/s1. The van der Waals surface area contributed by atoms with Crippen LogP contribution in [0.3, 0.4) is 0 Å². The number of pyridine rings is 1. The van der Waals surface area contributed by atoms with E-state index >= 15 is 0 Å². The molecule has 0 radical (unpaired) electrons. The first-order valence-corrected chi connectivity index (χ1v) is 10.3. The van der Waals surface area contributed by atoms with Gasteiger partial charge in [0.2, 0.25) is 0 Å². The van der Waals surface area contributed by atoms with Gasteiger partial charge in [0.1, 0.15) is 6.10 Å². The fourth-order valence-electron chi connectivity index (χ4n) is 6.41. The molecular formula is C21H29N3O2. The van der Waals surface area contributed by atoms with Crippen LogP contribution in [0.15, 0.2) is 24.5 Å². The molecular weight excluding hydrogens is 326 g/mol. The zero-order chi connectivity index (χ0) is 17.5. The van der Waals surface area contributed by atoms with Gasteiger partial charge in [0.05, 0.1) is 6.04 Å². The molecule has 1 aromatic rings. The molecule has 140 valence electrons. The molecule has 1 aromatic heterocycles. The van der Waals surface area contributed by atoms with E-state index in [0.717, 1.165) is 42.2 Å². The Kier molecular flexibility index (Phi) is 4.35. The minimum atomic E-state index is -0.0874. The van der Waals surface area contributed by atoms with Crippen molar-refractivity contribution in [1.29, 1.82) is 0 Å². The maximum Gasteiger partial charge on any atom is 0.315 e. The Morgan fingerprint density at radius 1 is 1.15 bits per heavy atom. The van der Waals surface area contributed by atoms with Crippen molar-refractivity contribution in [1.82, 2.24) is 15.6 Å². The molecule has 1 saturated heterocycles. The third kappa shape index (κ3) is 3.11. The van der Waals surface area contributed by atoms with Crippen molar-refractivity contribution in [2.75, 3.05) is 13.2 Å². The van der Waals surface area contributed by atoms with Gasteiger partial charge in [-0.05, 0) is 74.2 Å². The average molecular weight is 355 g/mol. The second-order valence-corrected chi connectivity index (χ2v) is 8.92. The molecule has 2 amide bonds. The van der Waals surface area contributed by atoms with Crippen LogP contribution < -0.4 is 10.6 Å². The first-order valence-electron chi connectivity index (χ1n) is 10.3. The number of nitrogens with zero attached hydrogens (tertiary/aromatic N) is 1. The molecule has 2 heterocycles. The Balaban J connectivity index is 1.15. The predicted molar refractivity (Wildman–Crippen MR) is 98.4 cm³/mol. The molecule has 0 spiro atoms. The summed E-state index contributed by atoms with van der Waals surface area (Å²) in [6, 6.07) is 3.92. The van der Waals surface area contributed by atoms with Crippen molar-refractivity contribution in [3.8, 4) is 0 Å². The van der Waals surface area contributed by atoms with E-state index in [0.29, 0.717) is 12.5 Å². The summed E-state index contributed by atoms with van der Waals surface area (Å²) >= 11 is 0. The Labute approximate surface area is 155 Å². The van der Waals surface area contributed by atoms with Crippen LogP contribution in [0.5, 0.6) is 0 Å².